The standard InChI is InChI=1S/C23H22ClN5O3/c1-12-5-4-6-18(24)20(12)17-10-26-22-21(17)29-15(8-25-22)9-27-23(29)19-7-16(32-14(3)31)11-28(19)13(2)30/h4-6,8-10,16,19,26H,7,11H2,1-3H3/t16-,19-/m1/s1. The molecule has 2 atom stereocenters. The maximum atomic E-state index is 12.4. The minimum absolute atomic E-state index is 0.0945. The number of carbonyl (C=O) groups excluding carboxylic acids is 2. The summed E-state index contributed by atoms with van der Waals surface area (Å²) in [7, 11) is 0. The summed E-state index contributed by atoms with van der Waals surface area (Å²) in [5.74, 6) is 0.242. The van der Waals surface area contributed by atoms with E-state index < -0.39 is 0 Å². The summed E-state index contributed by atoms with van der Waals surface area (Å²) in [4.78, 5) is 38.1. The number of aryl methyl sites for hydroxylation is 1. The molecule has 4 heterocycles. The van der Waals surface area contributed by atoms with Gasteiger partial charge in [-0.25, -0.2) is 9.97 Å². The minimum Gasteiger partial charge on any atom is -0.461 e. The van der Waals surface area contributed by atoms with Crippen LogP contribution in [-0.2, 0) is 14.3 Å². The summed E-state index contributed by atoms with van der Waals surface area (Å²) >= 11 is 6.59. The number of hydrogen-bond donors (Lipinski definition) is 1. The molecule has 1 aliphatic rings. The first-order valence-corrected chi connectivity index (χ1v) is 10.8. The highest BCUT2D eigenvalue weighted by Crippen LogP contribution is 2.39. The highest BCUT2D eigenvalue weighted by molar-refractivity contribution is 6.34. The fraction of sp³-hybridized carbons (Fsp3) is 0.304. The number of benzene rings is 1. The highest BCUT2D eigenvalue weighted by Gasteiger charge is 2.39. The van der Waals surface area contributed by atoms with Crippen LogP contribution in [0.5, 0.6) is 0 Å². The van der Waals surface area contributed by atoms with Gasteiger partial charge in [0.15, 0.2) is 5.65 Å². The van der Waals surface area contributed by atoms with Crippen LogP contribution in [0.3, 0.4) is 0 Å². The van der Waals surface area contributed by atoms with Crippen molar-refractivity contribution in [3.8, 4) is 11.1 Å². The number of aromatic amines is 1. The molecule has 164 valence electrons. The second-order valence-corrected chi connectivity index (χ2v) is 8.53. The molecule has 1 aliphatic heterocycles. The van der Waals surface area contributed by atoms with Gasteiger partial charge >= 0.3 is 5.97 Å². The van der Waals surface area contributed by atoms with Crippen molar-refractivity contribution in [3.63, 3.8) is 0 Å². The number of amides is 1. The Labute approximate surface area is 189 Å². The molecule has 1 fully saturated rings. The van der Waals surface area contributed by atoms with Gasteiger partial charge < -0.3 is 14.6 Å². The predicted octanol–water partition coefficient (Wildman–Crippen LogP) is 4.06. The number of fused-ring (bicyclic) bond motifs is 3. The number of nitrogens with zero attached hydrogens (tertiary/aromatic N) is 4. The van der Waals surface area contributed by atoms with Gasteiger partial charge in [-0.05, 0) is 18.6 Å². The summed E-state index contributed by atoms with van der Waals surface area (Å²) < 4.78 is 7.44. The number of imidazole rings is 1. The summed E-state index contributed by atoms with van der Waals surface area (Å²) in [6.07, 6.45) is 5.49. The van der Waals surface area contributed by atoms with Gasteiger partial charge in [-0.3, -0.25) is 14.0 Å². The van der Waals surface area contributed by atoms with E-state index in [2.05, 4.69) is 15.0 Å². The second kappa shape index (κ2) is 7.63. The third-order valence-corrected chi connectivity index (χ3v) is 6.30. The molecule has 0 spiro atoms. The van der Waals surface area contributed by atoms with Crippen molar-refractivity contribution in [2.24, 2.45) is 0 Å². The Morgan fingerprint density at radius 1 is 1.22 bits per heavy atom. The van der Waals surface area contributed by atoms with Crippen LogP contribution in [0.1, 0.15) is 37.7 Å². The van der Waals surface area contributed by atoms with Gasteiger partial charge in [0.2, 0.25) is 5.91 Å². The van der Waals surface area contributed by atoms with Crippen molar-refractivity contribution in [1.82, 2.24) is 24.3 Å². The van der Waals surface area contributed by atoms with Crippen LogP contribution in [0.4, 0.5) is 0 Å². The second-order valence-electron chi connectivity index (χ2n) is 8.12. The van der Waals surface area contributed by atoms with Crippen LogP contribution in [-0.4, -0.2) is 48.8 Å². The quantitative estimate of drug-likeness (QED) is 0.474. The third kappa shape index (κ3) is 3.22. The third-order valence-electron chi connectivity index (χ3n) is 5.99. The number of hydrogen-bond acceptors (Lipinski definition) is 5. The first-order chi connectivity index (χ1) is 15.3. The molecule has 1 saturated heterocycles. The summed E-state index contributed by atoms with van der Waals surface area (Å²) in [5.41, 5.74) is 5.20. The van der Waals surface area contributed by atoms with Gasteiger partial charge in [0.25, 0.3) is 0 Å². The van der Waals surface area contributed by atoms with E-state index in [0.717, 1.165) is 27.7 Å². The van der Waals surface area contributed by atoms with Crippen molar-refractivity contribution in [2.45, 2.75) is 39.3 Å². The number of nitrogens with one attached hydrogen (secondary N) is 1. The van der Waals surface area contributed by atoms with Crippen LogP contribution in [0, 0.1) is 6.92 Å². The first kappa shape index (κ1) is 20.5. The molecule has 8 nitrogen and oxygen atoms in total. The van der Waals surface area contributed by atoms with Gasteiger partial charge in [0.05, 0.1) is 36.0 Å². The van der Waals surface area contributed by atoms with Crippen LogP contribution in [0.2, 0.25) is 5.02 Å². The van der Waals surface area contributed by atoms with Gasteiger partial charge in [-0.15, -0.1) is 0 Å². The molecule has 1 N–H and O–H groups in total. The van der Waals surface area contributed by atoms with E-state index in [1.165, 1.54) is 13.8 Å². The number of carbonyl (C=O) groups is 2. The van der Waals surface area contributed by atoms with E-state index >= 15 is 0 Å². The summed E-state index contributed by atoms with van der Waals surface area (Å²) in [6, 6.07) is 5.47. The average molecular weight is 452 g/mol. The van der Waals surface area contributed by atoms with Gasteiger partial charge in [0.1, 0.15) is 11.9 Å². The molecular formula is C23H22ClN5O3. The highest BCUT2D eigenvalue weighted by atomic mass is 35.5. The Balaban J connectivity index is 1.73. The number of ether oxygens (including phenoxy) is 1. The SMILES string of the molecule is CC(=O)O[C@@H]1C[C@H](c2ncc3cnc4[nH]cc(-c5c(C)cccc5Cl)c4n23)N(C(C)=O)C1. The lowest BCUT2D eigenvalue weighted by molar-refractivity contribution is -0.146. The lowest BCUT2D eigenvalue weighted by Gasteiger charge is -2.22. The van der Waals surface area contributed by atoms with Crippen molar-refractivity contribution in [3.05, 3.63) is 53.2 Å². The Morgan fingerprint density at radius 2 is 2.00 bits per heavy atom. The zero-order valence-electron chi connectivity index (χ0n) is 17.9. The molecule has 5 rings (SSSR count). The molecular weight excluding hydrogens is 430 g/mol. The predicted molar refractivity (Wildman–Crippen MR) is 120 cm³/mol. The molecule has 32 heavy (non-hydrogen) atoms. The minimum atomic E-state index is -0.373. The van der Waals surface area contributed by atoms with Crippen LogP contribution in [0.25, 0.3) is 27.8 Å². The molecule has 0 radical (unpaired) electrons. The molecule has 1 aromatic carbocycles. The Bertz CT molecular complexity index is 1350. The van der Waals surface area contributed by atoms with Crippen LogP contribution in [0.15, 0.2) is 36.8 Å². The normalized spacial score (nSPS) is 18.6. The van der Waals surface area contributed by atoms with E-state index in [1.807, 2.05) is 35.7 Å². The molecule has 1 amide bonds. The largest absolute Gasteiger partial charge is 0.461 e. The maximum absolute atomic E-state index is 12.4. The fourth-order valence-electron chi connectivity index (χ4n) is 4.68. The van der Waals surface area contributed by atoms with Gasteiger partial charge in [-0.1, -0.05) is 23.7 Å². The number of H-pyrrole nitrogens is 1. The lowest BCUT2D eigenvalue weighted by atomic mass is 10.0. The van der Waals surface area contributed by atoms with E-state index in [4.69, 9.17) is 16.3 Å². The molecule has 4 aromatic rings. The first-order valence-electron chi connectivity index (χ1n) is 10.4. The molecule has 0 unspecified atom stereocenters. The molecule has 0 saturated carbocycles. The monoisotopic (exact) mass is 451 g/mol. The average Bonchev–Trinajstić information content (AvgIpc) is 3.43. The van der Waals surface area contributed by atoms with Crippen molar-refractivity contribution in [2.75, 3.05) is 6.54 Å². The van der Waals surface area contributed by atoms with E-state index in [9.17, 15) is 9.59 Å². The van der Waals surface area contributed by atoms with E-state index in [1.54, 1.807) is 17.3 Å². The van der Waals surface area contributed by atoms with Crippen LogP contribution < -0.4 is 0 Å². The maximum Gasteiger partial charge on any atom is 0.302 e. The smallest absolute Gasteiger partial charge is 0.302 e. The number of halogens is 1. The Morgan fingerprint density at radius 3 is 2.72 bits per heavy atom. The van der Waals surface area contributed by atoms with E-state index in [0.29, 0.717) is 29.5 Å². The molecule has 0 aliphatic carbocycles. The molecule has 0 bridgehead atoms. The lowest BCUT2D eigenvalue weighted by Crippen LogP contribution is -2.31. The van der Waals surface area contributed by atoms with Crippen LogP contribution >= 0.6 is 11.6 Å². The van der Waals surface area contributed by atoms with Crippen molar-refractivity contribution in [1.29, 1.82) is 0 Å². The number of esters is 1. The molecule has 3 aromatic heterocycles. The topological polar surface area (TPSA) is 92.6 Å². The number of likely N-dealkylation sites (tertiary alicyclic amines) is 1. The Hall–Kier alpha value is -3.39. The summed E-state index contributed by atoms with van der Waals surface area (Å²) in [6.45, 7) is 5.25. The van der Waals surface area contributed by atoms with Gasteiger partial charge in [0, 0.05) is 42.6 Å². The molecule has 9 heteroatoms. The zero-order valence-corrected chi connectivity index (χ0v) is 18.7. The van der Waals surface area contributed by atoms with E-state index in [-0.39, 0.29) is 24.0 Å². The Kier molecular flexibility index (Phi) is 4.89. The summed E-state index contributed by atoms with van der Waals surface area (Å²) in [5, 5.41) is 0.644. The number of rotatable bonds is 3. The van der Waals surface area contributed by atoms with Gasteiger partial charge in [-0.2, -0.15) is 0 Å². The number of aromatic nitrogens is 4. The zero-order chi connectivity index (χ0) is 22.6. The van der Waals surface area contributed by atoms with Crippen molar-refractivity contribution >= 4 is 40.2 Å². The van der Waals surface area contributed by atoms with Crippen molar-refractivity contribution < 1.29 is 14.3 Å². The fourth-order valence-corrected chi connectivity index (χ4v) is 5.01.